The van der Waals surface area contributed by atoms with Gasteiger partial charge in [-0.3, -0.25) is 10.3 Å². The normalized spacial score (nSPS) is 14.0. The smallest absolute Gasteiger partial charge is 0.409 e. The minimum atomic E-state index is -1.14. The van der Waals surface area contributed by atoms with Crippen molar-refractivity contribution in [2.75, 3.05) is 12.4 Å². The lowest BCUT2D eigenvalue weighted by atomic mass is 9.95. The fourth-order valence-electron chi connectivity index (χ4n) is 4.01. The third-order valence-electron chi connectivity index (χ3n) is 5.64. The molecule has 1 aliphatic carbocycles. The molecule has 4 heterocycles. The Balaban J connectivity index is 0.000000157. The molecular formula is C24H28N6O3. The van der Waals surface area contributed by atoms with E-state index in [0.29, 0.717) is 28.6 Å². The third kappa shape index (κ3) is 5.95. The van der Waals surface area contributed by atoms with Crippen LogP contribution < -0.4 is 15.4 Å². The maximum absolute atomic E-state index is 10.6. The summed E-state index contributed by atoms with van der Waals surface area (Å²) in [5.41, 5.74) is 3.69. The fourth-order valence-corrected chi connectivity index (χ4v) is 4.01. The lowest BCUT2D eigenvalue weighted by molar-refractivity contribution is 0.210. The van der Waals surface area contributed by atoms with Crippen molar-refractivity contribution in [3.63, 3.8) is 0 Å². The first-order valence-electron chi connectivity index (χ1n) is 11.1. The standard InChI is InChI=1S/C14H19N3.C10H9N3O3/c1-2-6-12(7-3-1)16-10-13-9-11-5-4-8-15-14(11)17-13;1-16-8-3-2-6-9(13-8)7(4-5-11-6)12-10(14)15/h4-5,8-9,12,16H,1-3,6-7,10H2,(H,15,17);2-5H,1H3,(H,11,12)(H,14,15). The average Bonchev–Trinajstić information content (AvgIpc) is 3.27. The number of amides is 1. The molecular weight excluding hydrogens is 420 g/mol. The summed E-state index contributed by atoms with van der Waals surface area (Å²) in [5, 5.41) is 15.8. The van der Waals surface area contributed by atoms with Gasteiger partial charge >= 0.3 is 6.09 Å². The number of anilines is 1. The Morgan fingerprint density at radius 3 is 2.76 bits per heavy atom. The molecule has 0 radical (unpaired) electrons. The highest BCUT2D eigenvalue weighted by atomic mass is 16.5. The summed E-state index contributed by atoms with van der Waals surface area (Å²) < 4.78 is 4.97. The molecule has 5 rings (SSSR count). The molecule has 4 aromatic heterocycles. The van der Waals surface area contributed by atoms with Crippen molar-refractivity contribution in [2.45, 2.75) is 44.7 Å². The summed E-state index contributed by atoms with van der Waals surface area (Å²) in [6, 6.07) is 11.9. The van der Waals surface area contributed by atoms with Crippen LogP contribution in [0.2, 0.25) is 0 Å². The van der Waals surface area contributed by atoms with E-state index in [1.54, 1.807) is 18.2 Å². The predicted octanol–water partition coefficient (Wildman–Crippen LogP) is 4.71. The predicted molar refractivity (Wildman–Crippen MR) is 128 cm³/mol. The van der Waals surface area contributed by atoms with Gasteiger partial charge in [-0.2, -0.15) is 0 Å². The van der Waals surface area contributed by atoms with Crippen LogP contribution in [0.5, 0.6) is 5.88 Å². The number of fused-ring (bicyclic) bond motifs is 2. The fraction of sp³-hybridized carbons (Fsp3) is 0.333. The highest BCUT2D eigenvalue weighted by Gasteiger charge is 2.12. The van der Waals surface area contributed by atoms with E-state index < -0.39 is 6.09 Å². The van der Waals surface area contributed by atoms with E-state index in [2.05, 4.69) is 42.7 Å². The number of aromatic amines is 1. The minimum absolute atomic E-state index is 0.386. The Bertz CT molecular complexity index is 1190. The Morgan fingerprint density at radius 2 is 2.00 bits per heavy atom. The maximum Gasteiger partial charge on any atom is 0.409 e. The molecule has 9 nitrogen and oxygen atoms in total. The molecule has 0 saturated heterocycles. The number of carboxylic acid groups (broad SMARTS) is 1. The van der Waals surface area contributed by atoms with Crippen LogP contribution in [0.25, 0.3) is 22.1 Å². The monoisotopic (exact) mass is 448 g/mol. The molecule has 1 aliphatic rings. The number of carbonyl (C=O) groups is 1. The molecule has 33 heavy (non-hydrogen) atoms. The first-order chi connectivity index (χ1) is 16.1. The summed E-state index contributed by atoms with van der Waals surface area (Å²) in [7, 11) is 1.49. The van der Waals surface area contributed by atoms with Gasteiger partial charge in [0.2, 0.25) is 5.88 Å². The van der Waals surface area contributed by atoms with Crippen LogP contribution in [-0.4, -0.2) is 44.3 Å². The molecule has 0 aromatic carbocycles. The van der Waals surface area contributed by atoms with Crippen molar-refractivity contribution >= 4 is 33.8 Å². The van der Waals surface area contributed by atoms with Gasteiger partial charge in [-0.1, -0.05) is 19.3 Å². The van der Waals surface area contributed by atoms with E-state index >= 15 is 0 Å². The SMILES string of the molecule is COc1ccc2nccc(NC(=O)O)c2n1.c1cnc2[nH]c(CNC3CCCCC3)cc2c1. The van der Waals surface area contributed by atoms with Crippen molar-refractivity contribution in [3.05, 3.63) is 54.5 Å². The van der Waals surface area contributed by atoms with E-state index in [1.165, 1.54) is 56.5 Å². The van der Waals surface area contributed by atoms with Gasteiger partial charge < -0.3 is 20.1 Å². The number of aromatic nitrogens is 4. The summed E-state index contributed by atoms with van der Waals surface area (Å²) in [5.74, 6) is 0.411. The minimum Gasteiger partial charge on any atom is -0.481 e. The van der Waals surface area contributed by atoms with E-state index in [0.717, 1.165) is 12.2 Å². The number of hydrogen-bond donors (Lipinski definition) is 4. The van der Waals surface area contributed by atoms with Crippen molar-refractivity contribution in [1.82, 2.24) is 25.3 Å². The zero-order valence-electron chi connectivity index (χ0n) is 18.5. The van der Waals surface area contributed by atoms with Crippen LogP contribution in [0.4, 0.5) is 10.5 Å². The summed E-state index contributed by atoms with van der Waals surface area (Å²) in [6.45, 7) is 0.932. The summed E-state index contributed by atoms with van der Waals surface area (Å²) >= 11 is 0. The number of nitrogens with one attached hydrogen (secondary N) is 3. The molecule has 0 spiro atoms. The first kappa shape index (κ1) is 22.5. The largest absolute Gasteiger partial charge is 0.481 e. The number of hydrogen-bond acceptors (Lipinski definition) is 6. The van der Waals surface area contributed by atoms with E-state index in [9.17, 15) is 4.79 Å². The Hall–Kier alpha value is -3.72. The first-order valence-corrected chi connectivity index (χ1v) is 11.1. The van der Waals surface area contributed by atoms with Gasteiger partial charge in [-0.15, -0.1) is 0 Å². The van der Waals surface area contributed by atoms with Crippen LogP contribution in [-0.2, 0) is 6.54 Å². The number of methoxy groups -OCH3 is 1. The second-order valence-corrected chi connectivity index (χ2v) is 7.96. The molecule has 1 saturated carbocycles. The van der Waals surface area contributed by atoms with Gasteiger partial charge in [0.15, 0.2) is 0 Å². The molecule has 0 aliphatic heterocycles. The highest BCUT2D eigenvalue weighted by Crippen LogP contribution is 2.22. The van der Waals surface area contributed by atoms with Crippen LogP contribution in [0.15, 0.2) is 48.8 Å². The summed E-state index contributed by atoms with van der Waals surface area (Å²) in [6.07, 6.45) is 9.04. The lowest BCUT2D eigenvalue weighted by Crippen LogP contribution is -2.30. The van der Waals surface area contributed by atoms with E-state index in [4.69, 9.17) is 9.84 Å². The van der Waals surface area contributed by atoms with Gasteiger partial charge in [0.25, 0.3) is 0 Å². The quantitative estimate of drug-likeness (QED) is 0.348. The summed E-state index contributed by atoms with van der Waals surface area (Å²) in [4.78, 5) is 26.5. The topological polar surface area (TPSA) is 125 Å². The number of ether oxygens (including phenoxy) is 1. The zero-order valence-corrected chi connectivity index (χ0v) is 18.5. The van der Waals surface area contributed by atoms with Gasteiger partial charge in [-0.05, 0) is 43.2 Å². The number of pyridine rings is 3. The molecule has 0 bridgehead atoms. The molecule has 9 heteroatoms. The number of H-pyrrole nitrogens is 1. The van der Waals surface area contributed by atoms with Crippen LogP contribution in [0.3, 0.4) is 0 Å². The average molecular weight is 449 g/mol. The van der Waals surface area contributed by atoms with E-state index in [-0.39, 0.29) is 0 Å². The van der Waals surface area contributed by atoms with Gasteiger partial charge in [0.05, 0.1) is 18.3 Å². The van der Waals surface area contributed by atoms with Gasteiger partial charge in [0.1, 0.15) is 11.2 Å². The zero-order chi connectivity index (χ0) is 23.0. The Morgan fingerprint density at radius 1 is 1.15 bits per heavy atom. The molecule has 4 aromatic rings. The number of rotatable bonds is 5. The van der Waals surface area contributed by atoms with Gasteiger partial charge in [0, 0.05) is 42.1 Å². The molecule has 1 fully saturated rings. The number of nitrogens with zero attached hydrogens (tertiary/aromatic N) is 3. The third-order valence-corrected chi connectivity index (χ3v) is 5.64. The molecule has 0 atom stereocenters. The van der Waals surface area contributed by atoms with Gasteiger partial charge in [-0.25, -0.2) is 14.8 Å². The second-order valence-electron chi connectivity index (χ2n) is 7.96. The maximum atomic E-state index is 10.6. The highest BCUT2D eigenvalue weighted by molar-refractivity contribution is 5.95. The molecule has 172 valence electrons. The molecule has 1 amide bonds. The second kappa shape index (κ2) is 10.7. The molecule has 4 N–H and O–H groups in total. The molecule has 0 unspecified atom stereocenters. The van der Waals surface area contributed by atoms with E-state index in [1.807, 2.05) is 12.3 Å². The van der Waals surface area contributed by atoms with Crippen LogP contribution in [0, 0.1) is 0 Å². The van der Waals surface area contributed by atoms with Crippen LogP contribution in [0.1, 0.15) is 37.8 Å². The Labute approximate surface area is 191 Å². The Kier molecular flexibility index (Phi) is 7.31. The van der Waals surface area contributed by atoms with Crippen molar-refractivity contribution in [3.8, 4) is 5.88 Å². The van der Waals surface area contributed by atoms with Crippen LogP contribution >= 0.6 is 0 Å². The lowest BCUT2D eigenvalue weighted by Gasteiger charge is -2.22. The van der Waals surface area contributed by atoms with Crippen molar-refractivity contribution in [2.24, 2.45) is 0 Å². The van der Waals surface area contributed by atoms with Crippen molar-refractivity contribution in [1.29, 1.82) is 0 Å². The van der Waals surface area contributed by atoms with Crippen molar-refractivity contribution < 1.29 is 14.6 Å².